The summed E-state index contributed by atoms with van der Waals surface area (Å²) in [5.41, 5.74) is 3.11. The van der Waals surface area contributed by atoms with E-state index in [0.717, 1.165) is 11.1 Å². The van der Waals surface area contributed by atoms with E-state index in [2.05, 4.69) is 12.6 Å². The first kappa shape index (κ1) is 8.47. The van der Waals surface area contributed by atoms with Crippen LogP contribution in [0.15, 0.2) is 11.0 Å². The van der Waals surface area contributed by atoms with Gasteiger partial charge in [0.1, 0.15) is 5.75 Å². The Kier molecular flexibility index (Phi) is 2.14. The summed E-state index contributed by atoms with van der Waals surface area (Å²) >= 11 is 4.20. The molecule has 1 nitrogen and oxygen atoms in total. The van der Waals surface area contributed by atoms with Gasteiger partial charge in [-0.3, -0.25) is 0 Å². The van der Waals surface area contributed by atoms with Crippen LogP contribution in [0.5, 0.6) is 5.75 Å². The average Bonchev–Trinajstić information content (AvgIpc) is 1.97. The summed E-state index contributed by atoms with van der Waals surface area (Å²) in [6.45, 7) is 5.85. The van der Waals surface area contributed by atoms with E-state index in [1.807, 2.05) is 26.8 Å². The van der Waals surface area contributed by atoms with Gasteiger partial charge in [-0.15, -0.1) is 12.6 Å². The van der Waals surface area contributed by atoms with E-state index in [9.17, 15) is 5.11 Å². The van der Waals surface area contributed by atoms with E-state index in [1.54, 1.807) is 0 Å². The first-order chi connectivity index (χ1) is 5.04. The predicted molar refractivity (Wildman–Crippen MR) is 49.6 cm³/mol. The SMILES string of the molecule is Cc1cc(C)c(O)c(S)c1C. The zero-order valence-electron chi connectivity index (χ0n) is 6.97. The minimum absolute atomic E-state index is 0.302. The van der Waals surface area contributed by atoms with Crippen LogP contribution >= 0.6 is 12.6 Å². The van der Waals surface area contributed by atoms with Crippen LogP contribution in [0.3, 0.4) is 0 Å². The van der Waals surface area contributed by atoms with E-state index in [0.29, 0.717) is 10.6 Å². The van der Waals surface area contributed by atoms with Crippen molar-refractivity contribution in [2.45, 2.75) is 25.7 Å². The van der Waals surface area contributed by atoms with Gasteiger partial charge >= 0.3 is 0 Å². The van der Waals surface area contributed by atoms with Crippen molar-refractivity contribution in [2.24, 2.45) is 0 Å². The average molecular weight is 168 g/mol. The van der Waals surface area contributed by atoms with E-state index < -0.39 is 0 Å². The number of rotatable bonds is 0. The van der Waals surface area contributed by atoms with Crippen molar-refractivity contribution < 1.29 is 5.11 Å². The summed E-state index contributed by atoms with van der Waals surface area (Å²) in [4.78, 5) is 0.697. The van der Waals surface area contributed by atoms with Gasteiger partial charge in [0.25, 0.3) is 0 Å². The highest BCUT2D eigenvalue weighted by atomic mass is 32.1. The zero-order valence-corrected chi connectivity index (χ0v) is 7.87. The number of phenolic OH excluding ortho intramolecular Hbond substituents is 1. The van der Waals surface area contributed by atoms with Gasteiger partial charge in [0.05, 0.1) is 0 Å². The van der Waals surface area contributed by atoms with Crippen LogP contribution in [-0.4, -0.2) is 5.11 Å². The van der Waals surface area contributed by atoms with E-state index in [1.165, 1.54) is 5.56 Å². The lowest BCUT2D eigenvalue weighted by atomic mass is 10.1. The lowest BCUT2D eigenvalue weighted by molar-refractivity contribution is 0.457. The lowest BCUT2D eigenvalue weighted by Crippen LogP contribution is -1.86. The maximum absolute atomic E-state index is 9.44. The van der Waals surface area contributed by atoms with Crippen molar-refractivity contribution in [3.63, 3.8) is 0 Å². The van der Waals surface area contributed by atoms with Gasteiger partial charge in [0.2, 0.25) is 0 Å². The predicted octanol–water partition coefficient (Wildman–Crippen LogP) is 2.61. The fourth-order valence-electron chi connectivity index (χ4n) is 1.05. The molecule has 0 aliphatic carbocycles. The Morgan fingerprint density at radius 2 is 1.73 bits per heavy atom. The van der Waals surface area contributed by atoms with Crippen LogP contribution in [0.4, 0.5) is 0 Å². The molecule has 0 unspecified atom stereocenters. The minimum Gasteiger partial charge on any atom is -0.507 e. The van der Waals surface area contributed by atoms with E-state index in [-0.39, 0.29) is 0 Å². The molecule has 60 valence electrons. The molecule has 0 radical (unpaired) electrons. The molecule has 11 heavy (non-hydrogen) atoms. The van der Waals surface area contributed by atoms with Crippen LogP contribution in [0.25, 0.3) is 0 Å². The maximum atomic E-state index is 9.44. The van der Waals surface area contributed by atoms with E-state index in [4.69, 9.17) is 0 Å². The zero-order chi connectivity index (χ0) is 8.59. The Balaban J connectivity index is 3.46. The fraction of sp³-hybridized carbons (Fsp3) is 0.333. The molecular weight excluding hydrogens is 156 g/mol. The molecule has 0 saturated heterocycles. The fourth-order valence-corrected chi connectivity index (χ4v) is 1.41. The molecule has 0 amide bonds. The van der Waals surface area contributed by atoms with Gasteiger partial charge in [0.15, 0.2) is 0 Å². The number of thiol groups is 1. The molecule has 0 bridgehead atoms. The Morgan fingerprint density at radius 1 is 1.18 bits per heavy atom. The molecular formula is C9H12OS. The van der Waals surface area contributed by atoms with Gasteiger partial charge in [-0.1, -0.05) is 6.07 Å². The minimum atomic E-state index is 0.302. The van der Waals surface area contributed by atoms with Crippen LogP contribution in [0, 0.1) is 20.8 Å². The highest BCUT2D eigenvalue weighted by molar-refractivity contribution is 7.80. The molecule has 0 aromatic heterocycles. The lowest BCUT2D eigenvalue weighted by Gasteiger charge is -2.08. The summed E-state index contributed by atoms with van der Waals surface area (Å²) in [7, 11) is 0. The Labute approximate surface area is 72.5 Å². The molecule has 0 aliphatic rings. The van der Waals surface area contributed by atoms with Crippen molar-refractivity contribution in [1.82, 2.24) is 0 Å². The standard InChI is InChI=1S/C9H12OS/c1-5-4-6(2)8(10)9(11)7(5)3/h4,10-11H,1-3H3. The van der Waals surface area contributed by atoms with Crippen molar-refractivity contribution in [3.8, 4) is 5.75 Å². The topological polar surface area (TPSA) is 20.2 Å². The maximum Gasteiger partial charge on any atom is 0.132 e. The molecule has 2 heteroatoms. The quantitative estimate of drug-likeness (QED) is 0.570. The number of aromatic hydroxyl groups is 1. The van der Waals surface area contributed by atoms with Crippen molar-refractivity contribution in [3.05, 3.63) is 22.8 Å². The smallest absolute Gasteiger partial charge is 0.132 e. The summed E-state index contributed by atoms with van der Waals surface area (Å²) in [6, 6.07) is 1.96. The van der Waals surface area contributed by atoms with Gasteiger partial charge in [-0.25, -0.2) is 0 Å². The molecule has 0 atom stereocenters. The van der Waals surface area contributed by atoms with Crippen molar-refractivity contribution in [2.75, 3.05) is 0 Å². The van der Waals surface area contributed by atoms with Crippen LogP contribution in [0.1, 0.15) is 16.7 Å². The Hall–Kier alpha value is -0.630. The second-order valence-corrected chi connectivity index (χ2v) is 3.28. The van der Waals surface area contributed by atoms with Crippen LogP contribution in [-0.2, 0) is 0 Å². The summed E-state index contributed by atoms with van der Waals surface area (Å²) in [6.07, 6.45) is 0. The number of benzene rings is 1. The number of hydrogen-bond donors (Lipinski definition) is 2. The molecule has 0 fully saturated rings. The summed E-state index contributed by atoms with van der Waals surface area (Å²) < 4.78 is 0. The van der Waals surface area contributed by atoms with Crippen molar-refractivity contribution >= 4 is 12.6 Å². The second kappa shape index (κ2) is 2.78. The third kappa shape index (κ3) is 1.36. The Bertz CT molecular complexity index is 266. The highest BCUT2D eigenvalue weighted by Crippen LogP contribution is 2.30. The number of phenols is 1. The Morgan fingerprint density at radius 3 is 2.27 bits per heavy atom. The highest BCUT2D eigenvalue weighted by Gasteiger charge is 2.05. The molecule has 0 heterocycles. The molecule has 1 rings (SSSR count). The number of hydrogen-bond acceptors (Lipinski definition) is 2. The molecule has 1 N–H and O–H groups in total. The first-order valence-corrected chi connectivity index (χ1v) is 3.97. The summed E-state index contributed by atoms with van der Waals surface area (Å²) in [5, 5.41) is 9.44. The normalized spacial score (nSPS) is 10.2. The monoisotopic (exact) mass is 168 g/mol. The summed E-state index contributed by atoms with van der Waals surface area (Å²) in [5.74, 6) is 0.302. The van der Waals surface area contributed by atoms with Crippen molar-refractivity contribution in [1.29, 1.82) is 0 Å². The van der Waals surface area contributed by atoms with Crippen LogP contribution in [0.2, 0.25) is 0 Å². The molecule has 0 aliphatic heterocycles. The third-order valence-electron chi connectivity index (χ3n) is 1.98. The third-order valence-corrected chi connectivity index (χ3v) is 2.52. The van der Waals surface area contributed by atoms with Gasteiger partial charge in [-0.05, 0) is 37.5 Å². The first-order valence-electron chi connectivity index (χ1n) is 3.52. The molecule has 1 aromatic rings. The van der Waals surface area contributed by atoms with Gasteiger partial charge in [-0.2, -0.15) is 0 Å². The van der Waals surface area contributed by atoms with Gasteiger partial charge in [0, 0.05) is 4.90 Å². The van der Waals surface area contributed by atoms with Gasteiger partial charge < -0.3 is 5.11 Å². The molecule has 1 aromatic carbocycles. The largest absolute Gasteiger partial charge is 0.507 e. The molecule has 0 spiro atoms. The van der Waals surface area contributed by atoms with E-state index >= 15 is 0 Å². The second-order valence-electron chi connectivity index (χ2n) is 2.83. The molecule has 0 saturated carbocycles. The number of aryl methyl sites for hydroxylation is 2. The van der Waals surface area contributed by atoms with Crippen LogP contribution < -0.4 is 0 Å².